The third-order valence-electron chi connectivity index (χ3n) is 8.79. The Balaban J connectivity index is 0.000000221. The first-order chi connectivity index (χ1) is 24.6. The quantitative estimate of drug-likeness (QED) is 0.121. The highest BCUT2D eigenvalue weighted by molar-refractivity contribution is 6.43. The lowest BCUT2D eigenvalue weighted by Crippen LogP contribution is -2.34. The highest BCUT2D eigenvalue weighted by Crippen LogP contribution is 2.33. The van der Waals surface area contributed by atoms with Crippen LogP contribution in [0.25, 0.3) is 0 Å². The van der Waals surface area contributed by atoms with E-state index in [1.54, 1.807) is 12.1 Å². The molecular weight excluding hydrogens is 801 g/mol. The van der Waals surface area contributed by atoms with Gasteiger partial charge in [0.25, 0.3) is 0 Å². The molecule has 2 saturated heterocycles. The molecule has 3 aromatic carbocycles. The van der Waals surface area contributed by atoms with Gasteiger partial charge in [0, 0.05) is 55.3 Å². The van der Waals surface area contributed by atoms with Crippen LogP contribution in [0, 0.1) is 11.8 Å². The Bertz CT molecular complexity index is 1700. The van der Waals surface area contributed by atoms with Crippen molar-refractivity contribution in [2.45, 2.75) is 51.6 Å². The number of ether oxygens (including phenoxy) is 1. The number of carbonyl (C=O) groups is 3. The number of rotatable bonds is 9. The summed E-state index contributed by atoms with van der Waals surface area (Å²) in [4.78, 5) is 36.6. The maximum absolute atomic E-state index is 11.3. The minimum absolute atomic E-state index is 0.138. The minimum atomic E-state index is -0.731. The van der Waals surface area contributed by atoms with E-state index in [0.717, 1.165) is 63.0 Å². The van der Waals surface area contributed by atoms with E-state index < -0.39 is 5.97 Å². The van der Waals surface area contributed by atoms with Crippen molar-refractivity contribution in [3.05, 3.63) is 83.2 Å². The number of phenolic OH excluding ortho intramolecular Hbond substituents is 3. The largest absolute Gasteiger partial charge is 0.508 e. The van der Waals surface area contributed by atoms with Crippen molar-refractivity contribution in [3.8, 4) is 17.2 Å². The molecule has 0 atom stereocenters. The Morgan fingerprint density at radius 3 is 1.40 bits per heavy atom. The molecule has 2 aliphatic rings. The lowest BCUT2D eigenvalue weighted by atomic mass is 9.93. The van der Waals surface area contributed by atoms with Crippen molar-refractivity contribution in [1.82, 2.24) is 9.80 Å². The molecule has 0 saturated carbocycles. The molecule has 16 heteroatoms. The number of carboxylic acids is 1. The molecule has 5 rings (SSSR count). The summed E-state index contributed by atoms with van der Waals surface area (Å²) in [5.74, 6) is -0.0778. The number of phenols is 3. The Morgan fingerprint density at radius 2 is 1.02 bits per heavy atom. The van der Waals surface area contributed by atoms with Crippen molar-refractivity contribution in [2.75, 3.05) is 33.3 Å². The number of nitrogens with zero attached hydrogens (tertiary/aromatic N) is 2. The second-order valence-electron chi connectivity index (χ2n) is 12.6. The lowest BCUT2D eigenvalue weighted by Gasteiger charge is -2.31. The summed E-state index contributed by atoms with van der Waals surface area (Å²) < 4.78 is 4.70. The number of halogens is 6. The van der Waals surface area contributed by atoms with E-state index in [2.05, 4.69) is 9.80 Å². The Kier molecular flexibility index (Phi) is 17.9. The van der Waals surface area contributed by atoms with Crippen LogP contribution in [-0.2, 0) is 27.4 Å². The molecular formula is C36H40Cl6N2O8. The van der Waals surface area contributed by atoms with E-state index in [1.807, 2.05) is 0 Å². The average molecular weight is 841 g/mol. The number of carboxylic acid groups (broad SMARTS) is 1. The van der Waals surface area contributed by atoms with Crippen molar-refractivity contribution < 1.29 is 39.5 Å². The Hall–Kier alpha value is -2.67. The molecule has 0 bridgehead atoms. The normalized spacial score (nSPS) is 15.5. The van der Waals surface area contributed by atoms with Gasteiger partial charge in [-0.3, -0.25) is 24.2 Å². The van der Waals surface area contributed by atoms with E-state index >= 15 is 0 Å². The van der Waals surface area contributed by atoms with Crippen LogP contribution in [0.4, 0.5) is 0 Å². The second kappa shape index (κ2) is 21.3. The first-order valence-corrected chi connectivity index (χ1v) is 18.6. The number of hydrogen-bond acceptors (Lipinski definition) is 9. The van der Waals surface area contributed by atoms with Gasteiger partial charge in [0.05, 0.1) is 42.8 Å². The summed E-state index contributed by atoms with van der Waals surface area (Å²) in [6.45, 7) is 4.67. The molecule has 3 aromatic rings. The number of likely N-dealkylation sites (tertiary alicyclic amines) is 2. The number of aromatic hydroxyl groups is 3. The van der Waals surface area contributed by atoms with Crippen molar-refractivity contribution >= 4 is 87.8 Å². The molecule has 284 valence electrons. The molecule has 0 aromatic heterocycles. The molecule has 52 heavy (non-hydrogen) atoms. The number of methoxy groups -OCH3 is 1. The molecule has 0 spiro atoms. The first-order valence-electron chi connectivity index (χ1n) is 16.3. The molecule has 0 amide bonds. The fraction of sp³-hybridized carbons (Fsp3) is 0.417. The van der Waals surface area contributed by atoms with Gasteiger partial charge in [0.1, 0.15) is 17.2 Å². The number of carbonyl (C=O) groups excluding carboxylic acids is 2. The predicted molar refractivity (Wildman–Crippen MR) is 205 cm³/mol. The van der Waals surface area contributed by atoms with Crippen LogP contribution in [0.15, 0.2) is 36.4 Å². The fourth-order valence-electron chi connectivity index (χ4n) is 5.80. The maximum Gasteiger partial charge on any atom is 0.305 e. The average Bonchev–Trinajstić information content (AvgIpc) is 3.09. The van der Waals surface area contributed by atoms with Crippen LogP contribution < -0.4 is 0 Å². The van der Waals surface area contributed by atoms with Crippen LogP contribution >= 0.6 is 69.6 Å². The van der Waals surface area contributed by atoms with E-state index in [9.17, 15) is 24.6 Å². The van der Waals surface area contributed by atoms with Gasteiger partial charge < -0.3 is 25.2 Å². The monoisotopic (exact) mass is 838 g/mol. The van der Waals surface area contributed by atoms with E-state index in [4.69, 9.17) is 84.6 Å². The smallest absolute Gasteiger partial charge is 0.305 e. The molecule has 4 N–H and O–H groups in total. The van der Waals surface area contributed by atoms with Crippen LogP contribution in [0.2, 0.25) is 30.1 Å². The van der Waals surface area contributed by atoms with E-state index in [1.165, 1.54) is 31.4 Å². The Labute approximate surface area is 332 Å². The highest BCUT2D eigenvalue weighted by atomic mass is 35.5. The van der Waals surface area contributed by atoms with Gasteiger partial charge in [-0.05, 0) is 81.9 Å². The predicted octanol–water partition coefficient (Wildman–Crippen LogP) is 9.37. The first kappa shape index (κ1) is 43.7. The van der Waals surface area contributed by atoms with Crippen LogP contribution in [0.3, 0.4) is 0 Å². The van der Waals surface area contributed by atoms with Crippen LogP contribution in [-0.4, -0.2) is 81.7 Å². The zero-order chi connectivity index (χ0) is 38.5. The molecule has 0 unspecified atom stereocenters. The zero-order valence-electron chi connectivity index (χ0n) is 28.3. The fourth-order valence-corrected chi connectivity index (χ4v) is 6.82. The summed E-state index contributed by atoms with van der Waals surface area (Å²) in [5, 5.41) is 39.7. The standard InChI is InChI=1S/C15H19Cl2NO3.C14H17Cl2NO3.C7H4Cl2O2/c1-21-15(20)6-10-2-4-18(5-3-10)9-11-7-12(16)13(17)8-14(11)19;15-11-6-10(13(18)7-12(11)16)8-17-3-1-9(2-4-17)5-14(19)20;8-5-1-4(3-10)7(11)2-6(5)9/h7-8,10,19H,2-6,9H2,1H3;6-7,9,18H,1-5,8H2,(H,19,20);1-3,11H. The molecule has 10 nitrogen and oxygen atoms in total. The van der Waals surface area contributed by atoms with Crippen molar-refractivity contribution in [3.63, 3.8) is 0 Å². The third-order valence-corrected chi connectivity index (χ3v) is 11.0. The molecule has 2 aliphatic heterocycles. The highest BCUT2D eigenvalue weighted by Gasteiger charge is 2.24. The van der Waals surface area contributed by atoms with Gasteiger partial charge in [-0.1, -0.05) is 69.6 Å². The summed E-state index contributed by atoms with van der Waals surface area (Å²) in [6.07, 6.45) is 4.89. The SMILES string of the molecule is COC(=O)CC1CCN(Cc2cc(Cl)c(Cl)cc2O)CC1.O=C(O)CC1CCN(Cc2cc(Cl)c(Cl)cc2O)CC1.O=Cc1cc(Cl)c(Cl)cc1O. The van der Waals surface area contributed by atoms with Gasteiger partial charge in [-0.25, -0.2) is 0 Å². The third kappa shape index (κ3) is 14.0. The number of benzene rings is 3. The Morgan fingerprint density at radius 1 is 0.654 bits per heavy atom. The van der Waals surface area contributed by atoms with Gasteiger partial charge in [-0.15, -0.1) is 0 Å². The summed E-state index contributed by atoms with van der Waals surface area (Å²) in [7, 11) is 1.42. The molecule has 2 fully saturated rings. The van der Waals surface area contributed by atoms with Gasteiger partial charge >= 0.3 is 11.9 Å². The van der Waals surface area contributed by atoms with E-state index in [0.29, 0.717) is 51.8 Å². The number of aliphatic carboxylic acids is 1. The lowest BCUT2D eigenvalue weighted by molar-refractivity contribution is -0.142. The number of hydrogen-bond donors (Lipinski definition) is 4. The number of esters is 1. The summed E-state index contributed by atoms with van der Waals surface area (Å²) >= 11 is 34.7. The molecule has 0 radical (unpaired) electrons. The van der Waals surface area contributed by atoms with Gasteiger partial charge in [0.2, 0.25) is 0 Å². The molecule has 0 aliphatic carbocycles. The van der Waals surface area contributed by atoms with Crippen molar-refractivity contribution in [1.29, 1.82) is 0 Å². The van der Waals surface area contributed by atoms with Crippen LogP contribution in [0.1, 0.15) is 60.0 Å². The zero-order valence-corrected chi connectivity index (χ0v) is 32.8. The minimum Gasteiger partial charge on any atom is -0.508 e. The van der Waals surface area contributed by atoms with Gasteiger partial charge in [-0.2, -0.15) is 0 Å². The maximum atomic E-state index is 11.3. The van der Waals surface area contributed by atoms with Crippen molar-refractivity contribution in [2.24, 2.45) is 11.8 Å². The van der Waals surface area contributed by atoms with E-state index in [-0.39, 0.29) is 51.2 Å². The molecule has 2 heterocycles. The topological polar surface area (TPSA) is 148 Å². The summed E-state index contributed by atoms with van der Waals surface area (Å²) in [6, 6.07) is 8.86. The summed E-state index contributed by atoms with van der Waals surface area (Å²) in [5.41, 5.74) is 1.66. The van der Waals surface area contributed by atoms with Gasteiger partial charge in [0.15, 0.2) is 6.29 Å². The number of aldehydes is 1. The number of piperidine rings is 2. The van der Waals surface area contributed by atoms with Crippen LogP contribution in [0.5, 0.6) is 17.2 Å². The second-order valence-corrected chi connectivity index (χ2v) is 15.0.